The largest absolute Gasteiger partial charge is 0.230 e. The van der Waals surface area contributed by atoms with Gasteiger partial charge in [-0.1, -0.05) is 70.8 Å². The molecule has 0 amide bonds. The van der Waals surface area contributed by atoms with Crippen LogP contribution in [0.15, 0.2) is 17.4 Å². The topological polar surface area (TPSA) is 38.7 Å². The lowest BCUT2D eigenvalue weighted by atomic mass is 10.2. The summed E-state index contributed by atoms with van der Waals surface area (Å²) in [4.78, 5) is 13.2. The number of rotatable bonds is 4. The first-order chi connectivity index (χ1) is 11.7. The summed E-state index contributed by atoms with van der Waals surface area (Å²) in [5.74, 6) is 3.45. The van der Waals surface area contributed by atoms with E-state index in [9.17, 15) is 0 Å². The summed E-state index contributed by atoms with van der Waals surface area (Å²) in [7, 11) is -1.80. The van der Waals surface area contributed by atoms with Gasteiger partial charge >= 0.3 is 0 Å². The molecule has 2 rings (SSSR count). The summed E-state index contributed by atoms with van der Waals surface area (Å²) in [6, 6.07) is 1.83. The van der Waals surface area contributed by atoms with E-state index in [1.165, 1.54) is 11.8 Å². The van der Waals surface area contributed by atoms with Gasteiger partial charge in [-0.15, -0.1) is 5.54 Å². The molecular weight excluding hydrogens is 366 g/mol. The summed E-state index contributed by atoms with van der Waals surface area (Å²) in [6.45, 7) is 13.9. The molecule has 0 saturated heterocycles. The van der Waals surface area contributed by atoms with E-state index >= 15 is 0 Å². The smallest absolute Gasteiger partial charge is 0.189 e. The van der Waals surface area contributed by atoms with E-state index in [4.69, 9.17) is 11.6 Å². The van der Waals surface area contributed by atoms with Crippen molar-refractivity contribution in [1.29, 1.82) is 0 Å². The van der Waals surface area contributed by atoms with Crippen molar-refractivity contribution in [3.8, 4) is 11.5 Å². The predicted octanol–water partition coefficient (Wildman–Crippen LogP) is 5.97. The number of halogens is 1. The van der Waals surface area contributed by atoms with Crippen LogP contribution in [-0.4, -0.2) is 29.3 Å². The number of aromatic nitrogens is 3. The van der Waals surface area contributed by atoms with Crippen molar-refractivity contribution in [3.63, 3.8) is 0 Å². The number of thioether (sulfide) groups is 1. The van der Waals surface area contributed by atoms with Crippen molar-refractivity contribution in [2.45, 2.75) is 63.3 Å². The van der Waals surface area contributed by atoms with Crippen LogP contribution in [0.25, 0.3) is 11.0 Å². The van der Waals surface area contributed by atoms with Gasteiger partial charge in [-0.25, -0.2) is 15.0 Å². The van der Waals surface area contributed by atoms with Gasteiger partial charge in [0.05, 0.1) is 5.39 Å². The first-order valence-electron chi connectivity index (χ1n) is 8.62. The third-order valence-electron chi connectivity index (χ3n) is 4.98. The standard InChI is InChI=1S/C19H26ClN3SSi/c1-12(2)25(13(3)4,14(5)6)9-8-15-10-17(20)22-18-16(15)11-21-19(23-18)24-7/h10-14H,1-7H3. The molecule has 0 aliphatic heterocycles. The lowest BCUT2D eigenvalue weighted by Crippen LogP contribution is -2.43. The van der Waals surface area contributed by atoms with Crippen LogP contribution in [0.3, 0.4) is 0 Å². The molecule has 2 heterocycles. The molecule has 0 unspecified atom stereocenters. The first-order valence-corrected chi connectivity index (χ1v) is 12.5. The Morgan fingerprint density at radius 2 is 1.64 bits per heavy atom. The van der Waals surface area contributed by atoms with Gasteiger partial charge in [0.1, 0.15) is 13.2 Å². The van der Waals surface area contributed by atoms with Crippen molar-refractivity contribution in [3.05, 3.63) is 23.0 Å². The Balaban J connectivity index is 2.66. The van der Waals surface area contributed by atoms with E-state index < -0.39 is 8.07 Å². The zero-order valence-electron chi connectivity index (χ0n) is 16.0. The summed E-state index contributed by atoms with van der Waals surface area (Å²) in [5, 5.41) is 1.98. The van der Waals surface area contributed by atoms with Crippen LogP contribution >= 0.6 is 23.4 Å². The van der Waals surface area contributed by atoms with Crippen molar-refractivity contribution in [1.82, 2.24) is 15.0 Å². The number of hydrogen-bond acceptors (Lipinski definition) is 4. The van der Waals surface area contributed by atoms with Crippen molar-refractivity contribution >= 4 is 42.5 Å². The lowest BCUT2D eigenvalue weighted by molar-refractivity contribution is 0.838. The van der Waals surface area contributed by atoms with Crippen LogP contribution in [0.4, 0.5) is 0 Å². The van der Waals surface area contributed by atoms with Crippen LogP contribution in [-0.2, 0) is 0 Å². The van der Waals surface area contributed by atoms with Gasteiger partial charge in [-0.3, -0.25) is 0 Å². The number of fused-ring (bicyclic) bond motifs is 1. The second kappa shape index (κ2) is 8.07. The molecule has 0 atom stereocenters. The molecule has 0 aromatic carbocycles. The fourth-order valence-electron chi connectivity index (χ4n) is 3.77. The number of hydrogen-bond donors (Lipinski definition) is 0. The van der Waals surface area contributed by atoms with Gasteiger partial charge in [0.25, 0.3) is 0 Å². The van der Waals surface area contributed by atoms with Crippen molar-refractivity contribution < 1.29 is 0 Å². The maximum absolute atomic E-state index is 6.22. The molecule has 0 N–H and O–H groups in total. The van der Waals surface area contributed by atoms with E-state index in [1.54, 1.807) is 0 Å². The molecule has 6 heteroatoms. The van der Waals surface area contributed by atoms with Gasteiger partial charge in [0.2, 0.25) is 0 Å². The fourth-order valence-corrected chi connectivity index (χ4v) is 9.52. The zero-order chi connectivity index (χ0) is 18.8. The first kappa shape index (κ1) is 20.2. The average Bonchev–Trinajstić information content (AvgIpc) is 2.53. The third kappa shape index (κ3) is 4.02. The van der Waals surface area contributed by atoms with E-state index in [2.05, 4.69) is 68.0 Å². The van der Waals surface area contributed by atoms with E-state index in [0.717, 1.165) is 10.9 Å². The van der Waals surface area contributed by atoms with Gasteiger partial charge in [0, 0.05) is 11.8 Å². The quantitative estimate of drug-likeness (QED) is 0.211. The van der Waals surface area contributed by atoms with Crippen LogP contribution in [0, 0.1) is 11.5 Å². The molecule has 0 aliphatic carbocycles. The summed E-state index contributed by atoms with van der Waals surface area (Å²) in [6.07, 6.45) is 3.76. The molecule has 0 fully saturated rings. The Kier molecular flexibility index (Phi) is 6.53. The SMILES string of the molecule is CSc1ncc2c(C#C[Si](C(C)C)(C(C)C)C(C)C)cc(Cl)nc2n1. The summed E-state index contributed by atoms with van der Waals surface area (Å²) in [5.41, 5.74) is 6.99. The van der Waals surface area contributed by atoms with Crippen molar-refractivity contribution in [2.24, 2.45) is 0 Å². The Labute approximate surface area is 161 Å². The number of nitrogens with zero attached hydrogens (tertiary/aromatic N) is 3. The molecule has 0 saturated carbocycles. The third-order valence-corrected chi connectivity index (χ3v) is 12.0. The molecule has 25 heavy (non-hydrogen) atoms. The van der Waals surface area contributed by atoms with Crippen LogP contribution in [0.1, 0.15) is 47.1 Å². The maximum Gasteiger partial charge on any atom is 0.189 e. The van der Waals surface area contributed by atoms with Crippen LogP contribution in [0.5, 0.6) is 0 Å². The molecule has 3 nitrogen and oxygen atoms in total. The maximum atomic E-state index is 6.22. The second-order valence-electron chi connectivity index (χ2n) is 7.23. The lowest BCUT2D eigenvalue weighted by Gasteiger charge is -2.38. The highest BCUT2D eigenvalue weighted by Gasteiger charge is 2.41. The highest BCUT2D eigenvalue weighted by atomic mass is 35.5. The van der Waals surface area contributed by atoms with E-state index in [-0.39, 0.29) is 0 Å². The Bertz CT molecular complexity index is 803. The normalized spacial score (nSPS) is 12.1. The molecular formula is C19H26ClN3SSi. The zero-order valence-corrected chi connectivity index (χ0v) is 18.6. The predicted molar refractivity (Wildman–Crippen MR) is 112 cm³/mol. The van der Waals surface area contributed by atoms with E-state index in [1.807, 2.05) is 18.5 Å². The minimum absolute atomic E-state index is 0.425. The molecule has 0 aliphatic rings. The molecule has 0 spiro atoms. The highest BCUT2D eigenvalue weighted by Crippen LogP contribution is 2.40. The minimum atomic E-state index is -1.80. The van der Waals surface area contributed by atoms with Gasteiger partial charge in [-0.05, 0) is 28.9 Å². The summed E-state index contributed by atoms with van der Waals surface area (Å²) >= 11 is 7.71. The fraction of sp³-hybridized carbons (Fsp3) is 0.526. The highest BCUT2D eigenvalue weighted by molar-refractivity contribution is 7.98. The number of pyridine rings is 1. The van der Waals surface area contributed by atoms with Gasteiger partial charge in [-0.2, -0.15) is 0 Å². The van der Waals surface area contributed by atoms with Crippen molar-refractivity contribution in [2.75, 3.05) is 6.26 Å². The Morgan fingerprint density at radius 3 is 2.16 bits per heavy atom. The average molecular weight is 392 g/mol. The molecule has 2 aromatic rings. The molecule has 134 valence electrons. The second-order valence-corrected chi connectivity index (χ2v) is 14.0. The monoisotopic (exact) mass is 391 g/mol. The Morgan fingerprint density at radius 1 is 1.04 bits per heavy atom. The van der Waals surface area contributed by atoms with Gasteiger partial charge in [0.15, 0.2) is 10.8 Å². The Hall–Kier alpha value is -1.09. The van der Waals surface area contributed by atoms with Crippen LogP contribution < -0.4 is 0 Å². The molecule has 2 aromatic heterocycles. The minimum Gasteiger partial charge on any atom is -0.230 e. The molecule has 0 bridgehead atoms. The van der Waals surface area contributed by atoms with Crippen LogP contribution in [0.2, 0.25) is 21.8 Å². The van der Waals surface area contributed by atoms with Gasteiger partial charge < -0.3 is 0 Å². The molecule has 0 radical (unpaired) electrons. The summed E-state index contributed by atoms with van der Waals surface area (Å²) < 4.78 is 0. The van der Waals surface area contributed by atoms with E-state index in [0.29, 0.717) is 32.6 Å².